The van der Waals surface area contributed by atoms with Crippen LogP contribution >= 0.6 is 0 Å². The number of nitrogens with two attached hydrogens (primary N) is 1. The normalized spacial score (nSPS) is 12.9. The number of methoxy groups -OCH3 is 1. The Labute approximate surface area is 94.3 Å². The summed E-state index contributed by atoms with van der Waals surface area (Å²) in [6.45, 7) is 0.437. The highest BCUT2D eigenvalue weighted by Crippen LogP contribution is 2.15. The van der Waals surface area contributed by atoms with Gasteiger partial charge in [0, 0.05) is 12.7 Å². The number of primary amides is 1. The first-order valence-electron chi connectivity index (χ1n) is 4.88. The Morgan fingerprint density at radius 2 is 2.38 bits per heavy atom. The molecule has 86 valence electrons. The molecule has 0 aliphatic rings. The predicted molar refractivity (Wildman–Crippen MR) is 60.9 cm³/mol. The zero-order chi connectivity index (χ0) is 12.0. The van der Waals surface area contributed by atoms with Gasteiger partial charge in [-0.1, -0.05) is 24.3 Å². The Morgan fingerprint density at radius 3 is 3.00 bits per heavy atom. The fourth-order valence-corrected chi connectivity index (χ4v) is 1.27. The number of ether oxygens (including phenoxy) is 1. The highest BCUT2D eigenvalue weighted by atomic mass is 16.5. The number of hydrogen-bond donors (Lipinski definition) is 2. The monoisotopic (exact) mass is 221 g/mol. The second-order valence-corrected chi connectivity index (χ2v) is 3.32. The predicted octanol–water partition coefficient (Wildman–Crippen LogP) is 1.02. The van der Waals surface area contributed by atoms with Crippen LogP contribution in [-0.4, -0.2) is 24.7 Å². The van der Waals surface area contributed by atoms with Crippen LogP contribution in [0.2, 0.25) is 0 Å². The van der Waals surface area contributed by atoms with Crippen molar-refractivity contribution in [2.24, 2.45) is 5.73 Å². The smallest absolute Gasteiger partial charge is 0.248 e. The van der Waals surface area contributed by atoms with Crippen molar-refractivity contribution < 1.29 is 14.6 Å². The summed E-state index contributed by atoms with van der Waals surface area (Å²) >= 11 is 0. The van der Waals surface area contributed by atoms with Crippen LogP contribution in [0.15, 0.2) is 36.4 Å². The second-order valence-electron chi connectivity index (χ2n) is 3.32. The summed E-state index contributed by atoms with van der Waals surface area (Å²) in [5, 5.41) is 9.76. The van der Waals surface area contributed by atoms with E-state index in [4.69, 9.17) is 10.5 Å². The van der Waals surface area contributed by atoms with Crippen LogP contribution in [0.25, 0.3) is 0 Å². The second kappa shape index (κ2) is 6.05. The summed E-state index contributed by atoms with van der Waals surface area (Å²) in [5.74, 6) is -0.505. The molecule has 0 heterocycles. The number of aliphatic hydroxyl groups excluding tert-OH is 1. The van der Waals surface area contributed by atoms with Gasteiger partial charge in [0.2, 0.25) is 5.91 Å². The van der Waals surface area contributed by atoms with Crippen molar-refractivity contribution in [2.75, 3.05) is 13.7 Å². The zero-order valence-corrected chi connectivity index (χ0v) is 9.09. The van der Waals surface area contributed by atoms with Crippen LogP contribution in [0, 0.1) is 0 Å². The number of rotatable bonds is 5. The third-order valence-electron chi connectivity index (χ3n) is 2.09. The molecule has 1 atom stereocenters. The molecule has 3 N–H and O–H groups in total. The van der Waals surface area contributed by atoms with Gasteiger partial charge in [-0.05, 0) is 17.7 Å². The molecule has 1 rings (SSSR count). The van der Waals surface area contributed by atoms with Gasteiger partial charge in [-0.3, -0.25) is 4.79 Å². The molecule has 1 aromatic rings. The van der Waals surface area contributed by atoms with Crippen molar-refractivity contribution in [1.29, 1.82) is 0 Å². The van der Waals surface area contributed by atoms with Crippen LogP contribution in [0.1, 0.15) is 22.0 Å². The maximum absolute atomic E-state index is 10.9. The van der Waals surface area contributed by atoms with Crippen molar-refractivity contribution in [3.63, 3.8) is 0 Å². The molecule has 0 radical (unpaired) electrons. The van der Waals surface area contributed by atoms with Crippen molar-refractivity contribution in [3.05, 3.63) is 47.5 Å². The summed E-state index contributed by atoms with van der Waals surface area (Å²) in [4.78, 5) is 10.9. The average molecular weight is 221 g/mol. The van der Waals surface area contributed by atoms with Gasteiger partial charge in [0.25, 0.3) is 0 Å². The van der Waals surface area contributed by atoms with Crippen molar-refractivity contribution >= 4 is 5.91 Å². The minimum Gasteiger partial charge on any atom is -0.384 e. The van der Waals surface area contributed by atoms with Gasteiger partial charge in [-0.15, -0.1) is 0 Å². The molecule has 4 heteroatoms. The number of amides is 1. The van der Waals surface area contributed by atoms with E-state index in [1.165, 1.54) is 0 Å². The molecule has 0 aromatic heterocycles. The van der Waals surface area contributed by atoms with Crippen molar-refractivity contribution in [3.8, 4) is 0 Å². The van der Waals surface area contributed by atoms with Gasteiger partial charge < -0.3 is 15.6 Å². The molecule has 4 nitrogen and oxygen atoms in total. The van der Waals surface area contributed by atoms with Crippen molar-refractivity contribution in [1.82, 2.24) is 0 Å². The Morgan fingerprint density at radius 1 is 1.62 bits per heavy atom. The number of carbonyl (C=O) groups excluding carboxylic acids is 1. The Kier molecular flexibility index (Phi) is 4.69. The SMILES string of the molecule is COC/C=C/C(O)c1cccc(C(N)=O)c1. The molecule has 16 heavy (non-hydrogen) atoms. The number of benzene rings is 1. The lowest BCUT2D eigenvalue weighted by molar-refractivity contribution is 0.1000. The maximum atomic E-state index is 10.9. The van der Waals surface area contributed by atoms with Crippen LogP contribution < -0.4 is 5.73 Å². The molecule has 1 amide bonds. The molecular weight excluding hydrogens is 206 g/mol. The van der Waals surface area contributed by atoms with Gasteiger partial charge in [-0.2, -0.15) is 0 Å². The number of hydrogen-bond acceptors (Lipinski definition) is 3. The van der Waals surface area contributed by atoms with Gasteiger partial charge in [0.05, 0.1) is 12.7 Å². The molecular formula is C12H15NO3. The van der Waals surface area contributed by atoms with Gasteiger partial charge in [-0.25, -0.2) is 0 Å². The first-order chi connectivity index (χ1) is 7.65. The zero-order valence-electron chi connectivity index (χ0n) is 9.09. The quantitative estimate of drug-likeness (QED) is 0.729. The molecule has 0 fully saturated rings. The first kappa shape index (κ1) is 12.4. The minimum atomic E-state index is -0.755. The van der Waals surface area contributed by atoms with E-state index in [0.717, 1.165) is 0 Å². The Bertz CT molecular complexity index is 388. The largest absolute Gasteiger partial charge is 0.384 e. The van der Waals surface area contributed by atoms with Gasteiger partial charge in [0.1, 0.15) is 0 Å². The lowest BCUT2D eigenvalue weighted by atomic mass is 10.1. The third-order valence-corrected chi connectivity index (χ3v) is 2.09. The molecule has 0 saturated carbocycles. The van der Waals surface area contributed by atoms with Crippen LogP contribution in [0.4, 0.5) is 0 Å². The first-order valence-corrected chi connectivity index (χ1v) is 4.88. The summed E-state index contributed by atoms with van der Waals surface area (Å²) in [7, 11) is 1.57. The summed E-state index contributed by atoms with van der Waals surface area (Å²) in [6.07, 6.45) is 2.56. The standard InChI is InChI=1S/C12H15NO3/c1-16-7-3-6-11(14)9-4-2-5-10(8-9)12(13)15/h2-6,8,11,14H,7H2,1H3,(H2,13,15)/b6-3+. The van der Waals surface area contributed by atoms with Crippen molar-refractivity contribution in [2.45, 2.75) is 6.10 Å². The van der Waals surface area contributed by atoms with E-state index in [1.807, 2.05) is 0 Å². The lowest BCUT2D eigenvalue weighted by Crippen LogP contribution is -2.11. The van der Waals surface area contributed by atoms with Crippen LogP contribution in [-0.2, 0) is 4.74 Å². The average Bonchev–Trinajstić information content (AvgIpc) is 2.29. The van der Waals surface area contributed by atoms with Gasteiger partial charge in [0.15, 0.2) is 0 Å². The topological polar surface area (TPSA) is 72.6 Å². The summed E-state index contributed by atoms with van der Waals surface area (Å²) in [6, 6.07) is 6.60. The highest BCUT2D eigenvalue weighted by Gasteiger charge is 2.06. The number of carbonyl (C=O) groups is 1. The highest BCUT2D eigenvalue weighted by molar-refractivity contribution is 5.92. The number of aliphatic hydroxyl groups is 1. The van der Waals surface area contributed by atoms with E-state index in [0.29, 0.717) is 17.7 Å². The molecule has 0 aliphatic heterocycles. The Hall–Kier alpha value is -1.65. The van der Waals surface area contributed by atoms with E-state index in [2.05, 4.69) is 0 Å². The van der Waals surface area contributed by atoms with E-state index in [9.17, 15) is 9.90 Å². The summed E-state index contributed by atoms with van der Waals surface area (Å²) < 4.78 is 4.82. The molecule has 1 unspecified atom stereocenters. The molecule has 0 aliphatic carbocycles. The Balaban J connectivity index is 2.79. The molecule has 0 spiro atoms. The van der Waals surface area contributed by atoms with Gasteiger partial charge >= 0.3 is 0 Å². The summed E-state index contributed by atoms with van der Waals surface area (Å²) in [5.41, 5.74) is 6.16. The lowest BCUT2D eigenvalue weighted by Gasteiger charge is -2.06. The minimum absolute atomic E-state index is 0.386. The van der Waals surface area contributed by atoms with E-state index >= 15 is 0 Å². The molecule has 0 bridgehead atoms. The fourth-order valence-electron chi connectivity index (χ4n) is 1.27. The van der Waals surface area contributed by atoms with E-state index in [-0.39, 0.29) is 0 Å². The maximum Gasteiger partial charge on any atom is 0.248 e. The van der Waals surface area contributed by atoms with E-state index in [1.54, 1.807) is 43.5 Å². The van der Waals surface area contributed by atoms with Crippen LogP contribution in [0.3, 0.4) is 0 Å². The molecule has 1 aromatic carbocycles. The molecule has 0 saturated heterocycles. The third kappa shape index (κ3) is 3.49. The van der Waals surface area contributed by atoms with Crippen LogP contribution in [0.5, 0.6) is 0 Å². The fraction of sp³-hybridized carbons (Fsp3) is 0.250. The van der Waals surface area contributed by atoms with E-state index < -0.39 is 12.0 Å².